The van der Waals surface area contributed by atoms with Crippen LogP contribution in [0.4, 0.5) is 0 Å². The number of carbonyl (C=O) groups is 2. The second-order valence-electron chi connectivity index (χ2n) is 7.71. The lowest BCUT2D eigenvalue weighted by Gasteiger charge is -2.22. The molecule has 1 N–H and O–H groups in total. The van der Waals surface area contributed by atoms with Crippen LogP contribution in [0, 0.1) is 6.92 Å². The maximum atomic E-state index is 12.6. The Balaban J connectivity index is 1.79. The van der Waals surface area contributed by atoms with Gasteiger partial charge in [0, 0.05) is 0 Å². The molecule has 0 fully saturated rings. The molecule has 1 aliphatic rings. The summed E-state index contributed by atoms with van der Waals surface area (Å²) in [5.74, 6) is -0.214. The number of rotatable bonds is 6. The maximum absolute atomic E-state index is 12.6. The summed E-state index contributed by atoms with van der Waals surface area (Å²) in [5, 5.41) is 2.81. The van der Waals surface area contributed by atoms with Gasteiger partial charge >= 0.3 is 0 Å². The van der Waals surface area contributed by atoms with Crippen molar-refractivity contribution in [2.24, 2.45) is 0 Å². The predicted octanol–water partition coefficient (Wildman–Crippen LogP) is 3.15. The average molecular weight is 431 g/mol. The van der Waals surface area contributed by atoms with Gasteiger partial charge in [-0.05, 0) is 60.7 Å². The monoisotopic (exact) mass is 430 g/mol. The molecule has 0 radical (unpaired) electrons. The van der Waals surface area contributed by atoms with Gasteiger partial charge < -0.3 is 10.1 Å². The van der Waals surface area contributed by atoms with Gasteiger partial charge in [0.2, 0.25) is 5.91 Å². The van der Waals surface area contributed by atoms with E-state index in [1.807, 2.05) is 26.0 Å². The van der Waals surface area contributed by atoms with Crippen LogP contribution in [0.25, 0.3) is 0 Å². The zero-order chi connectivity index (χ0) is 22.2. The van der Waals surface area contributed by atoms with Gasteiger partial charge in [-0.3, -0.25) is 9.59 Å². The van der Waals surface area contributed by atoms with E-state index < -0.39 is 28.4 Å². The highest BCUT2D eigenvalue weighted by Gasteiger charge is 2.41. The third-order valence-corrected chi connectivity index (χ3v) is 7.07. The molecule has 30 heavy (non-hydrogen) atoms. The number of carbonyl (C=O) groups excluding carboxylic acids is 2. The highest BCUT2D eigenvalue weighted by molar-refractivity contribution is 7.90. The molecule has 0 aromatic heterocycles. The fourth-order valence-electron chi connectivity index (χ4n) is 3.69. The Labute approximate surface area is 177 Å². The number of aryl methyl sites for hydroxylation is 1. The first-order chi connectivity index (χ1) is 14.1. The third-order valence-electron chi connectivity index (χ3n) is 5.28. The molecule has 0 bridgehead atoms. The molecule has 2 amide bonds. The minimum absolute atomic E-state index is 0.0663. The van der Waals surface area contributed by atoms with Crippen molar-refractivity contribution < 1.29 is 22.7 Å². The summed E-state index contributed by atoms with van der Waals surface area (Å²) in [6.45, 7) is 7.30. The predicted molar refractivity (Wildman–Crippen MR) is 113 cm³/mol. The average Bonchev–Trinajstić information content (AvgIpc) is 2.88. The minimum atomic E-state index is -4.02. The van der Waals surface area contributed by atoms with Gasteiger partial charge in [0.25, 0.3) is 15.9 Å². The van der Waals surface area contributed by atoms with Crippen molar-refractivity contribution in [3.63, 3.8) is 0 Å². The Morgan fingerprint density at radius 1 is 1.13 bits per heavy atom. The Morgan fingerprint density at radius 2 is 1.80 bits per heavy atom. The number of amides is 2. The van der Waals surface area contributed by atoms with Crippen LogP contribution in [-0.4, -0.2) is 38.2 Å². The molecular weight excluding hydrogens is 404 g/mol. The summed E-state index contributed by atoms with van der Waals surface area (Å²) >= 11 is 0. The molecule has 1 aliphatic heterocycles. The molecule has 2 aromatic carbocycles. The Hall–Kier alpha value is -2.87. The zero-order valence-electron chi connectivity index (χ0n) is 17.7. The largest absolute Gasteiger partial charge is 0.496 e. The smallest absolute Gasteiger partial charge is 0.269 e. The van der Waals surface area contributed by atoms with Gasteiger partial charge in [0.15, 0.2) is 0 Å². The first-order valence-corrected chi connectivity index (χ1v) is 11.2. The topological polar surface area (TPSA) is 92.8 Å². The summed E-state index contributed by atoms with van der Waals surface area (Å²) in [6, 6.07) is 9.52. The van der Waals surface area contributed by atoms with Crippen molar-refractivity contribution in [1.82, 2.24) is 9.62 Å². The molecule has 0 spiro atoms. The molecule has 0 saturated heterocycles. The van der Waals surface area contributed by atoms with Crippen LogP contribution in [-0.2, 0) is 14.8 Å². The van der Waals surface area contributed by atoms with Gasteiger partial charge in [-0.2, -0.15) is 0 Å². The summed E-state index contributed by atoms with van der Waals surface area (Å²) in [7, 11) is -2.40. The van der Waals surface area contributed by atoms with Crippen LogP contribution in [0.1, 0.15) is 59.8 Å². The first kappa shape index (κ1) is 21.8. The molecule has 1 atom stereocenters. The van der Waals surface area contributed by atoms with E-state index in [-0.39, 0.29) is 22.4 Å². The van der Waals surface area contributed by atoms with Gasteiger partial charge in [0.05, 0.1) is 18.7 Å². The van der Waals surface area contributed by atoms with E-state index >= 15 is 0 Å². The number of benzene rings is 2. The molecule has 0 saturated carbocycles. The summed E-state index contributed by atoms with van der Waals surface area (Å²) in [5.41, 5.74) is 2.96. The van der Waals surface area contributed by atoms with Crippen LogP contribution in [0.3, 0.4) is 0 Å². The molecule has 0 unspecified atom stereocenters. The lowest BCUT2D eigenvalue weighted by atomic mass is 9.93. The van der Waals surface area contributed by atoms with Crippen LogP contribution >= 0.6 is 0 Å². The number of nitrogens with zero attached hydrogens (tertiary/aromatic N) is 1. The number of sulfonamides is 1. The maximum Gasteiger partial charge on any atom is 0.269 e. The number of methoxy groups -OCH3 is 1. The van der Waals surface area contributed by atoms with E-state index in [4.69, 9.17) is 4.74 Å². The standard InChI is InChI=1S/C22H26N2O5S/c1-13(2)17-11-18(14(3)10-19(17)29-5)15(4)23-21(25)12-24-22(26)16-8-6-7-9-20(16)30(24,27)28/h6-11,13,15H,12H2,1-5H3,(H,23,25)/t15-/m0/s1. The number of hydrogen-bond acceptors (Lipinski definition) is 5. The number of nitrogens with one attached hydrogen (secondary N) is 1. The number of ether oxygens (including phenoxy) is 1. The molecule has 0 aliphatic carbocycles. The number of hydrogen-bond donors (Lipinski definition) is 1. The van der Waals surface area contributed by atoms with E-state index in [9.17, 15) is 18.0 Å². The van der Waals surface area contributed by atoms with E-state index in [0.29, 0.717) is 4.31 Å². The molecule has 3 rings (SSSR count). The minimum Gasteiger partial charge on any atom is -0.496 e. The van der Waals surface area contributed by atoms with Crippen molar-refractivity contribution in [2.75, 3.05) is 13.7 Å². The second kappa shape index (κ2) is 8.10. The van der Waals surface area contributed by atoms with E-state index in [2.05, 4.69) is 19.2 Å². The molecule has 160 valence electrons. The van der Waals surface area contributed by atoms with Crippen molar-refractivity contribution in [1.29, 1.82) is 0 Å². The molecule has 1 heterocycles. The SMILES string of the molecule is COc1cc(C)c([C@H](C)NC(=O)CN2C(=O)c3ccccc3S2(=O)=O)cc1C(C)C. The summed E-state index contributed by atoms with van der Waals surface area (Å²) in [6.07, 6.45) is 0. The Bertz CT molecular complexity index is 1110. The molecule has 8 heteroatoms. The highest BCUT2D eigenvalue weighted by atomic mass is 32.2. The van der Waals surface area contributed by atoms with E-state index in [1.54, 1.807) is 19.2 Å². The fraction of sp³-hybridized carbons (Fsp3) is 0.364. The fourth-order valence-corrected chi connectivity index (χ4v) is 5.22. The van der Waals surface area contributed by atoms with Crippen LogP contribution in [0.15, 0.2) is 41.3 Å². The van der Waals surface area contributed by atoms with Gasteiger partial charge in [-0.1, -0.05) is 26.0 Å². The van der Waals surface area contributed by atoms with Crippen molar-refractivity contribution >= 4 is 21.8 Å². The highest BCUT2D eigenvalue weighted by Crippen LogP contribution is 2.32. The normalized spacial score (nSPS) is 15.8. The van der Waals surface area contributed by atoms with Crippen molar-refractivity contribution in [3.05, 3.63) is 58.7 Å². The van der Waals surface area contributed by atoms with Gasteiger partial charge in [0.1, 0.15) is 17.2 Å². The van der Waals surface area contributed by atoms with Gasteiger partial charge in [-0.15, -0.1) is 0 Å². The Kier molecular flexibility index (Phi) is 5.90. The van der Waals surface area contributed by atoms with E-state index in [1.165, 1.54) is 12.1 Å². The molecule has 2 aromatic rings. The van der Waals surface area contributed by atoms with Crippen molar-refractivity contribution in [3.8, 4) is 5.75 Å². The van der Waals surface area contributed by atoms with Crippen LogP contribution in [0.2, 0.25) is 0 Å². The number of fused-ring (bicyclic) bond motifs is 1. The first-order valence-electron chi connectivity index (χ1n) is 9.71. The van der Waals surface area contributed by atoms with Crippen molar-refractivity contribution in [2.45, 2.75) is 44.6 Å². The van der Waals surface area contributed by atoms with E-state index in [0.717, 1.165) is 22.4 Å². The quantitative estimate of drug-likeness (QED) is 0.760. The molecular formula is C22H26N2O5S. The molecule has 7 nitrogen and oxygen atoms in total. The van der Waals surface area contributed by atoms with Crippen LogP contribution < -0.4 is 10.1 Å². The summed E-state index contributed by atoms with van der Waals surface area (Å²) < 4.78 is 31.4. The second-order valence-corrected chi connectivity index (χ2v) is 9.54. The summed E-state index contributed by atoms with van der Waals surface area (Å²) in [4.78, 5) is 25.1. The third kappa shape index (κ3) is 3.79. The van der Waals surface area contributed by atoms with Gasteiger partial charge in [-0.25, -0.2) is 12.7 Å². The lowest BCUT2D eigenvalue weighted by molar-refractivity contribution is -0.121. The Morgan fingerprint density at radius 3 is 2.40 bits per heavy atom. The lowest BCUT2D eigenvalue weighted by Crippen LogP contribution is -2.41. The van der Waals surface area contributed by atoms with Crippen LogP contribution in [0.5, 0.6) is 5.75 Å². The zero-order valence-corrected chi connectivity index (χ0v) is 18.5.